The third-order valence-electron chi connectivity index (χ3n) is 1.30. The van der Waals surface area contributed by atoms with E-state index in [2.05, 4.69) is 0 Å². The molecule has 0 aromatic rings. The van der Waals surface area contributed by atoms with Crippen molar-refractivity contribution in [3.05, 3.63) is 0 Å². The van der Waals surface area contributed by atoms with Crippen LogP contribution in [0, 0.1) is 0 Å². The van der Waals surface area contributed by atoms with Gasteiger partial charge in [-0.05, 0) is 6.42 Å². The molecule has 0 spiro atoms. The lowest BCUT2D eigenvalue weighted by Gasteiger charge is -2.10. The van der Waals surface area contributed by atoms with Crippen molar-refractivity contribution in [2.45, 2.75) is 12.5 Å². The molecule has 0 radical (unpaired) electrons. The van der Waals surface area contributed by atoms with Crippen LogP contribution in [-0.4, -0.2) is 61.1 Å². The summed E-state index contributed by atoms with van der Waals surface area (Å²) in [5, 5.41) is 26.0. The molecular formula is C8H18O5. The first kappa shape index (κ1) is 12.8. The SMILES string of the molecule is OCCCOCC(O)COCCO. The van der Waals surface area contributed by atoms with E-state index in [-0.39, 0.29) is 33.0 Å². The normalized spacial score (nSPS) is 13.2. The Hall–Kier alpha value is -0.200. The number of hydrogen-bond acceptors (Lipinski definition) is 5. The summed E-state index contributed by atoms with van der Waals surface area (Å²) in [6.07, 6.45) is -0.0882. The summed E-state index contributed by atoms with van der Waals surface area (Å²) in [5.74, 6) is 0. The van der Waals surface area contributed by atoms with Crippen LogP contribution >= 0.6 is 0 Å². The van der Waals surface area contributed by atoms with Crippen molar-refractivity contribution in [2.75, 3.05) is 39.6 Å². The van der Waals surface area contributed by atoms with E-state index in [0.717, 1.165) is 0 Å². The highest BCUT2D eigenvalue weighted by atomic mass is 16.5. The summed E-state index contributed by atoms with van der Waals surface area (Å²) in [7, 11) is 0. The van der Waals surface area contributed by atoms with Gasteiger partial charge in [0, 0.05) is 13.2 Å². The van der Waals surface area contributed by atoms with Crippen molar-refractivity contribution in [1.29, 1.82) is 0 Å². The molecule has 0 aliphatic rings. The first-order valence-corrected chi connectivity index (χ1v) is 4.36. The van der Waals surface area contributed by atoms with Crippen molar-refractivity contribution in [2.24, 2.45) is 0 Å². The lowest BCUT2D eigenvalue weighted by molar-refractivity contribution is -0.0268. The number of aliphatic hydroxyl groups is 3. The molecule has 1 unspecified atom stereocenters. The molecule has 0 aromatic carbocycles. The van der Waals surface area contributed by atoms with Crippen molar-refractivity contribution < 1.29 is 24.8 Å². The molecule has 0 aromatic heterocycles. The largest absolute Gasteiger partial charge is 0.396 e. The lowest BCUT2D eigenvalue weighted by atomic mass is 10.4. The predicted octanol–water partition coefficient (Wildman–Crippen LogP) is -1.24. The Kier molecular flexibility index (Phi) is 9.73. The van der Waals surface area contributed by atoms with Crippen molar-refractivity contribution in [3.8, 4) is 0 Å². The Morgan fingerprint density at radius 2 is 1.54 bits per heavy atom. The molecule has 80 valence electrons. The van der Waals surface area contributed by atoms with Crippen LogP contribution in [0.4, 0.5) is 0 Å². The third-order valence-corrected chi connectivity index (χ3v) is 1.30. The van der Waals surface area contributed by atoms with Crippen molar-refractivity contribution in [1.82, 2.24) is 0 Å². The molecule has 5 nitrogen and oxygen atoms in total. The summed E-state index contributed by atoms with van der Waals surface area (Å²) in [6.45, 7) is 1.08. The van der Waals surface area contributed by atoms with Gasteiger partial charge in [0.15, 0.2) is 0 Å². The molecule has 0 rings (SSSR count). The van der Waals surface area contributed by atoms with Crippen LogP contribution in [0.3, 0.4) is 0 Å². The topological polar surface area (TPSA) is 79.2 Å². The molecule has 0 fully saturated rings. The van der Waals surface area contributed by atoms with Gasteiger partial charge in [0.25, 0.3) is 0 Å². The molecule has 0 heterocycles. The number of rotatable bonds is 9. The van der Waals surface area contributed by atoms with Gasteiger partial charge in [-0.25, -0.2) is 0 Å². The van der Waals surface area contributed by atoms with Crippen LogP contribution < -0.4 is 0 Å². The van der Waals surface area contributed by atoms with Crippen molar-refractivity contribution in [3.63, 3.8) is 0 Å². The Balaban J connectivity index is 3.05. The number of hydrogen-bond donors (Lipinski definition) is 3. The van der Waals surface area contributed by atoms with Gasteiger partial charge in [-0.3, -0.25) is 0 Å². The number of ether oxygens (including phenoxy) is 2. The van der Waals surface area contributed by atoms with Gasteiger partial charge >= 0.3 is 0 Å². The highest BCUT2D eigenvalue weighted by Crippen LogP contribution is 1.89. The Bertz CT molecular complexity index is 98.5. The average Bonchev–Trinajstić information content (AvgIpc) is 2.13. The van der Waals surface area contributed by atoms with E-state index in [9.17, 15) is 5.11 Å². The van der Waals surface area contributed by atoms with E-state index >= 15 is 0 Å². The fourth-order valence-corrected chi connectivity index (χ4v) is 0.718. The van der Waals surface area contributed by atoms with Gasteiger partial charge in [0.2, 0.25) is 0 Å². The molecular weight excluding hydrogens is 176 g/mol. The van der Waals surface area contributed by atoms with Gasteiger partial charge in [0.05, 0.1) is 26.4 Å². The van der Waals surface area contributed by atoms with Crippen molar-refractivity contribution >= 4 is 0 Å². The molecule has 1 atom stereocenters. The first-order valence-electron chi connectivity index (χ1n) is 4.36. The summed E-state index contributed by atoms with van der Waals surface area (Å²) in [4.78, 5) is 0. The number of aliphatic hydroxyl groups excluding tert-OH is 3. The smallest absolute Gasteiger partial charge is 0.101 e. The van der Waals surface area contributed by atoms with E-state index < -0.39 is 6.10 Å². The summed E-state index contributed by atoms with van der Waals surface area (Å²) in [5.41, 5.74) is 0. The summed E-state index contributed by atoms with van der Waals surface area (Å²) >= 11 is 0. The zero-order valence-corrected chi connectivity index (χ0v) is 7.69. The minimum absolute atomic E-state index is 0.0436. The first-order chi connectivity index (χ1) is 6.31. The third kappa shape index (κ3) is 9.72. The van der Waals surface area contributed by atoms with Crippen LogP contribution in [0.5, 0.6) is 0 Å². The van der Waals surface area contributed by atoms with Gasteiger partial charge < -0.3 is 24.8 Å². The second-order valence-electron chi connectivity index (χ2n) is 2.60. The van der Waals surface area contributed by atoms with E-state index in [1.165, 1.54) is 0 Å². The van der Waals surface area contributed by atoms with Gasteiger partial charge in [0.1, 0.15) is 6.10 Å². The van der Waals surface area contributed by atoms with Crippen LogP contribution in [0.25, 0.3) is 0 Å². The summed E-state index contributed by atoms with van der Waals surface area (Å²) < 4.78 is 9.89. The van der Waals surface area contributed by atoms with Gasteiger partial charge in [-0.2, -0.15) is 0 Å². The fourth-order valence-electron chi connectivity index (χ4n) is 0.718. The van der Waals surface area contributed by atoms with E-state index in [4.69, 9.17) is 19.7 Å². The second kappa shape index (κ2) is 9.88. The molecule has 0 aliphatic carbocycles. The maximum atomic E-state index is 9.18. The van der Waals surface area contributed by atoms with Crippen LogP contribution in [0.1, 0.15) is 6.42 Å². The quantitative estimate of drug-likeness (QED) is 0.400. The lowest BCUT2D eigenvalue weighted by Crippen LogP contribution is -2.23. The Morgan fingerprint density at radius 1 is 0.923 bits per heavy atom. The maximum Gasteiger partial charge on any atom is 0.101 e. The van der Waals surface area contributed by atoms with E-state index in [1.807, 2.05) is 0 Å². The molecule has 0 saturated heterocycles. The van der Waals surface area contributed by atoms with Gasteiger partial charge in [-0.1, -0.05) is 0 Å². The monoisotopic (exact) mass is 194 g/mol. The average molecular weight is 194 g/mol. The van der Waals surface area contributed by atoms with Crippen LogP contribution in [-0.2, 0) is 9.47 Å². The molecule has 0 aliphatic heterocycles. The molecule has 3 N–H and O–H groups in total. The second-order valence-corrected chi connectivity index (χ2v) is 2.60. The standard InChI is InChI=1S/C8H18O5/c9-2-1-4-12-6-8(11)7-13-5-3-10/h8-11H,1-7H2. The predicted molar refractivity (Wildman–Crippen MR) is 46.4 cm³/mol. The minimum Gasteiger partial charge on any atom is -0.396 e. The zero-order valence-electron chi connectivity index (χ0n) is 7.69. The Morgan fingerprint density at radius 3 is 2.08 bits per heavy atom. The molecule has 0 saturated carbocycles. The molecule has 0 amide bonds. The van der Waals surface area contributed by atoms with E-state index in [0.29, 0.717) is 13.0 Å². The zero-order chi connectivity index (χ0) is 9.94. The fraction of sp³-hybridized carbons (Fsp3) is 1.00. The molecule has 13 heavy (non-hydrogen) atoms. The highest BCUT2D eigenvalue weighted by molar-refractivity contribution is 4.50. The highest BCUT2D eigenvalue weighted by Gasteiger charge is 2.03. The Labute approximate surface area is 77.9 Å². The minimum atomic E-state index is -0.662. The molecule has 0 bridgehead atoms. The van der Waals surface area contributed by atoms with E-state index in [1.54, 1.807) is 0 Å². The maximum absolute atomic E-state index is 9.18. The summed E-state index contributed by atoms with van der Waals surface area (Å²) in [6, 6.07) is 0. The van der Waals surface area contributed by atoms with Crippen LogP contribution in [0.15, 0.2) is 0 Å². The van der Waals surface area contributed by atoms with Crippen LogP contribution in [0.2, 0.25) is 0 Å². The van der Waals surface area contributed by atoms with Gasteiger partial charge in [-0.15, -0.1) is 0 Å². The molecule has 5 heteroatoms.